The molecule has 6 heteroatoms. The van der Waals surface area contributed by atoms with Gasteiger partial charge in [-0.2, -0.15) is 0 Å². The summed E-state index contributed by atoms with van der Waals surface area (Å²) in [6.07, 6.45) is 4.67. The molecule has 0 unspecified atom stereocenters. The van der Waals surface area contributed by atoms with Crippen molar-refractivity contribution < 1.29 is 8.42 Å². The van der Waals surface area contributed by atoms with E-state index >= 15 is 0 Å². The van der Waals surface area contributed by atoms with Crippen LogP contribution in [0, 0.1) is 5.92 Å². The van der Waals surface area contributed by atoms with Crippen LogP contribution in [-0.2, 0) is 16.6 Å². The van der Waals surface area contributed by atoms with E-state index in [2.05, 4.69) is 5.32 Å². The Morgan fingerprint density at radius 1 is 1.29 bits per heavy atom. The number of hydrogen-bond acceptors (Lipinski definition) is 3. The number of rotatable bonds is 7. The van der Waals surface area contributed by atoms with Crippen molar-refractivity contribution in [2.75, 3.05) is 13.6 Å². The number of benzene rings is 1. The monoisotopic (exact) mass is 328 g/mol. The van der Waals surface area contributed by atoms with Gasteiger partial charge in [-0.25, -0.2) is 12.7 Å². The van der Waals surface area contributed by atoms with Crippen molar-refractivity contribution in [3.63, 3.8) is 0 Å². The fourth-order valence-corrected chi connectivity index (χ4v) is 4.10. The van der Waals surface area contributed by atoms with Crippen LogP contribution in [0.1, 0.15) is 31.2 Å². The molecule has 0 spiro atoms. The van der Waals surface area contributed by atoms with Gasteiger partial charge in [0.05, 0.1) is 5.02 Å². The standard InChI is InChI=1S/C15H21ClN2O2S/c1-18(10-11-2-3-11)21(19,20)15-8-12(4-7-14(15)16)9-17-13-5-6-13/h4,7-8,11,13,17H,2-3,5-6,9-10H2,1H3. The predicted octanol–water partition coefficient (Wildman–Crippen LogP) is 2.62. The number of hydrogen-bond donors (Lipinski definition) is 1. The average Bonchev–Trinajstić information content (AvgIpc) is 3.32. The number of nitrogens with zero attached hydrogens (tertiary/aromatic N) is 1. The Balaban J connectivity index is 1.78. The Morgan fingerprint density at radius 3 is 2.62 bits per heavy atom. The smallest absolute Gasteiger partial charge is 0.244 e. The summed E-state index contributed by atoms with van der Waals surface area (Å²) in [5.41, 5.74) is 0.963. The average molecular weight is 329 g/mol. The SMILES string of the molecule is CN(CC1CC1)S(=O)(=O)c1cc(CNC2CC2)ccc1Cl. The highest BCUT2D eigenvalue weighted by Crippen LogP contribution is 2.32. The molecule has 0 saturated heterocycles. The van der Waals surface area contributed by atoms with Crippen molar-refractivity contribution in [2.24, 2.45) is 5.92 Å². The van der Waals surface area contributed by atoms with Crippen LogP contribution in [0.3, 0.4) is 0 Å². The molecule has 0 aromatic heterocycles. The lowest BCUT2D eigenvalue weighted by molar-refractivity contribution is 0.453. The number of sulfonamides is 1. The summed E-state index contributed by atoms with van der Waals surface area (Å²) in [7, 11) is -1.86. The first-order chi connectivity index (χ1) is 9.96. The Labute approximate surface area is 131 Å². The summed E-state index contributed by atoms with van der Waals surface area (Å²) in [5, 5.41) is 3.69. The zero-order valence-corrected chi connectivity index (χ0v) is 13.8. The van der Waals surface area contributed by atoms with E-state index in [0.717, 1.165) is 18.4 Å². The Kier molecular flexibility index (Phi) is 4.28. The molecule has 2 aliphatic carbocycles. The van der Waals surface area contributed by atoms with E-state index in [1.807, 2.05) is 6.07 Å². The maximum atomic E-state index is 12.6. The molecule has 2 aliphatic rings. The molecule has 0 bridgehead atoms. The summed E-state index contributed by atoms with van der Waals surface area (Å²) >= 11 is 6.13. The second-order valence-electron chi connectivity index (χ2n) is 6.15. The molecule has 2 saturated carbocycles. The van der Waals surface area contributed by atoms with Gasteiger partial charge >= 0.3 is 0 Å². The van der Waals surface area contributed by atoms with Crippen LogP contribution >= 0.6 is 11.6 Å². The first-order valence-corrected chi connectivity index (χ1v) is 9.27. The highest BCUT2D eigenvalue weighted by molar-refractivity contribution is 7.89. The lowest BCUT2D eigenvalue weighted by Crippen LogP contribution is -2.29. The summed E-state index contributed by atoms with van der Waals surface area (Å²) in [5.74, 6) is 0.517. The van der Waals surface area contributed by atoms with Crippen LogP contribution in [0.5, 0.6) is 0 Å². The summed E-state index contributed by atoms with van der Waals surface area (Å²) < 4.78 is 26.7. The molecule has 21 heavy (non-hydrogen) atoms. The van der Waals surface area contributed by atoms with E-state index in [9.17, 15) is 8.42 Å². The normalized spacial score (nSPS) is 19.2. The minimum absolute atomic E-state index is 0.224. The van der Waals surface area contributed by atoms with E-state index in [1.165, 1.54) is 17.1 Å². The Bertz CT molecular complexity index is 625. The fraction of sp³-hybridized carbons (Fsp3) is 0.600. The molecular weight excluding hydrogens is 308 g/mol. The molecule has 116 valence electrons. The molecule has 0 amide bonds. The second kappa shape index (κ2) is 5.88. The molecular formula is C15H21ClN2O2S. The van der Waals surface area contributed by atoms with Gasteiger partial charge in [-0.3, -0.25) is 0 Å². The molecule has 0 heterocycles. The first kappa shape index (κ1) is 15.3. The van der Waals surface area contributed by atoms with Gasteiger partial charge in [0.1, 0.15) is 4.90 Å². The van der Waals surface area contributed by atoms with Gasteiger partial charge in [0.2, 0.25) is 10.0 Å². The Hall–Kier alpha value is -0.620. The molecule has 1 aromatic carbocycles. The third-order valence-corrected chi connectivity index (χ3v) is 6.37. The van der Waals surface area contributed by atoms with Gasteiger partial charge in [-0.05, 0) is 49.3 Å². The van der Waals surface area contributed by atoms with Crippen molar-refractivity contribution in [1.29, 1.82) is 0 Å². The van der Waals surface area contributed by atoms with Gasteiger partial charge in [0.15, 0.2) is 0 Å². The predicted molar refractivity (Wildman–Crippen MR) is 83.9 cm³/mol. The minimum Gasteiger partial charge on any atom is -0.310 e. The highest BCUT2D eigenvalue weighted by Gasteiger charge is 2.30. The van der Waals surface area contributed by atoms with Crippen LogP contribution < -0.4 is 5.32 Å². The largest absolute Gasteiger partial charge is 0.310 e. The van der Waals surface area contributed by atoms with E-state index < -0.39 is 10.0 Å². The van der Waals surface area contributed by atoms with Crippen LogP contribution in [0.2, 0.25) is 5.02 Å². The first-order valence-electron chi connectivity index (χ1n) is 7.45. The molecule has 4 nitrogen and oxygen atoms in total. The van der Waals surface area contributed by atoms with Crippen molar-refractivity contribution in [2.45, 2.75) is 43.2 Å². The zero-order valence-electron chi connectivity index (χ0n) is 12.2. The summed E-state index contributed by atoms with van der Waals surface area (Å²) in [6.45, 7) is 1.28. The second-order valence-corrected chi connectivity index (χ2v) is 8.57. The maximum absolute atomic E-state index is 12.6. The molecule has 1 N–H and O–H groups in total. The van der Waals surface area contributed by atoms with Crippen LogP contribution in [0.25, 0.3) is 0 Å². The fourth-order valence-electron chi connectivity index (χ4n) is 2.34. The van der Waals surface area contributed by atoms with Crippen molar-refractivity contribution in [3.05, 3.63) is 28.8 Å². The van der Waals surface area contributed by atoms with Gasteiger partial charge in [-0.1, -0.05) is 17.7 Å². The third-order valence-electron chi connectivity index (χ3n) is 4.07. The molecule has 0 atom stereocenters. The van der Waals surface area contributed by atoms with Crippen LogP contribution in [0.4, 0.5) is 0 Å². The van der Waals surface area contributed by atoms with Crippen LogP contribution in [-0.4, -0.2) is 32.4 Å². The van der Waals surface area contributed by atoms with E-state index in [4.69, 9.17) is 11.6 Å². The van der Waals surface area contributed by atoms with Gasteiger partial charge < -0.3 is 5.32 Å². The van der Waals surface area contributed by atoms with Gasteiger partial charge in [0.25, 0.3) is 0 Å². The summed E-state index contributed by atoms with van der Waals surface area (Å²) in [6, 6.07) is 5.87. The van der Waals surface area contributed by atoms with Crippen molar-refractivity contribution in [3.8, 4) is 0 Å². The van der Waals surface area contributed by atoms with E-state index in [0.29, 0.717) is 30.1 Å². The van der Waals surface area contributed by atoms with Gasteiger partial charge in [0, 0.05) is 26.2 Å². The van der Waals surface area contributed by atoms with Gasteiger partial charge in [-0.15, -0.1) is 0 Å². The maximum Gasteiger partial charge on any atom is 0.244 e. The lowest BCUT2D eigenvalue weighted by atomic mass is 10.2. The number of halogens is 1. The van der Waals surface area contributed by atoms with Crippen molar-refractivity contribution in [1.82, 2.24) is 9.62 Å². The Morgan fingerprint density at radius 2 is 2.00 bits per heavy atom. The van der Waals surface area contributed by atoms with Crippen molar-refractivity contribution >= 4 is 21.6 Å². The number of nitrogens with one attached hydrogen (secondary N) is 1. The topological polar surface area (TPSA) is 49.4 Å². The zero-order chi connectivity index (χ0) is 15.0. The highest BCUT2D eigenvalue weighted by atomic mass is 35.5. The van der Waals surface area contributed by atoms with E-state index in [1.54, 1.807) is 19.2 Å². The third kappa shape index (κ3) is 3.77. The molecule has 1 aromatic rings. The summed E-state index contributed by atoms with van der Waals surface area (Å²) in [4.78, 5) is 0.224. The molecule has 2 fully saturated rings. The minimum atomic E-state index is -3.50. The molecule has 3 rings (SSSR count). The van der Waals surface area contributed by atoms with Crippen LogP contribution in [0.15, 0.2) is 23.1 Å². The molecule has 0 aliphatic heterocycles. The quantitative estimate of drug-likeness (QED) is 0.837. The molecule has 0 radical (unpaired) electrons. The van der Waals surface area contributed by atoms with E-state index in [-0.39, 0.29) is 4.90 Å². The lowest BCUT2D eigenvalue weighted by Gasteiger charge is -2.18.